The maximum absolute atomic E-state index is 13.5. The van der Waals surface area contributed by atoms with Crippen LogP contribution in [-0.2, 0) is 16.3 Å². The number of rotatable bonds is 6. The van der Waals surface area contributed by atoms with Gasteiger partial charge in [0.15, 0.2) is 15.0 Å². The SMILES string of the molecule is CCCc1ccc(-c2csc(N3CCC(S(=O)(=O)c4cccc(F)c4)CC3)n2)cc1. The Morgan fingerprint density at radius 3 is 2.53 bits per heavy atom. The molecule has 4 nitrogen and oxygen atoms in total. The van der Waals surface area contributed by atoms with Gasteiger partial charge in [0.05, 0.1) is 15.8 Å². The van der Waals surface area contributed by atoms with Gasteiger partial charge in [0.1, 0.15) is 5.82 Å². The van der Waals surface area contributed by atoms with Crippen molar-refractivity contribution in [3.63, 3.8) is 0 Å². The first kappa shape index (κ1) is 21.0. The molecule has 0 unspecified atom stereocenters. The quantitative estimate of drug-likeness (QED) is 0.515. The van der Waals surface area contributed by atoms with Crippen LogP contribution in [0.25, 0.3) is 11.3 Å². The van der Waals surface area contributed by atoms with Crippen LogP contribution in [-0.4, -0.2) is 31.7 Å². The van der Waals surface area contributed by atoms with E-state index in [2.05, 4.69) is 41.5 Å². The minimum absolute atomic E-state index is 0.0732. The molecule has 0 saturated carbocycles. The number of hydrogen-bond donors (Lipinski definition) is 0. The summed E-state index contributed by atoms with van der Waals surface area (Å²) in [7, 11) is -3.52. The van der Waals surface area contributed by atoms with Crippen molar-refractivity contribution in [3.8, 4) is 11.3 Å². The van der Waals surface area contributed by atoms with Crippen LogP contribution in [0.3, 0.4) is 0 Å². The molecule has 1 aliphatic rings. The van der Waals surface area contributed by atoms with Gasteiger partial charge in [0.25, 0.3) is 0 Å². The topological polar surface area (TPSA) is 50.3 Å². The molecular formula is C23H25FN2O2S2. The van der Waals surface area contributed by atoms with E-state index in [1.807, 2.05) is 0 Å². The number of aromatic nitrogens is 1. The highest BCUT2D eigenvalue weighted by molar-refractivity contribution is 7.92. The van der Waals surface area contributed by atoms with Crippen molar-refractivity contribution in [1.29, 1.82) is 0 Å². The molecule has 1 aliphatic heterocycles. The van der Waals surface area contributed by atoms with E-state index in [4.69, 9.17) is 4.98 Å². The number of piperidine rings is 1. The van der Waals surface area contributed by atoms with E-state index in [-0.39, 0.29) is 4.90 Å². The maximum Gasteiger partial charge on any atom is 0.185 e. The number of sulfone groups is 1. The standard InChI is InChI=1S/C23H25FN2O2S2/c1-2-4-17-7-9-18(10-8-17)22-16-29-23(25-22)26-13-11-20(12-14-26)30(27,28)21-6-3-5-19(24)15-21/h3,5-10,15-16,20H,2,4,11-14H2,1H3. The summed E-state index contributed by atoms with van der Waals surface area (Å²) in [6.45, 7) is 3.43. The first-order chi connectivity index (χ1) is 14.5. The number of hydrogen-bond acceptors (Lipinski definition) is 5. The lowest BCUT2D eigenvalue weighted by Gasteiger charge is -2.31. The van der Waals surface area contributed by atoms with E-state index < -0.39 is 20.9 Å². The van der Waals surface area contributed by atoms with Crippen LogP contribution in [0.1, 0.15) is 31.7 Å². The monoisotopic (exact) mass is 444 g/mol. The Bertz CT molecular complexity index is 1100. The highest BCUT2D eigenvalue weighted by atomic mass is 32.2. The van der Waals surface area contributed by atoms with Crippen molar-refractivity contribution in [2.24, 2.45) is 0 Å². The summed E-state index contributed by atoms with van der Waals surface area (Å²) in [5, 5.41) is 2.49. The second-order valence-electron chi connectivity index (χ2n) is 7.65. The lowest BCUT2D eigenvalue weighted by Crippen LogP contribution is -2.39. The molecule has 0 N–H and O–H groups in total. The molecule has 30 heavy (non-hydrogen) atoms. The zero-order chi connectivity index (χ0) is 21.1. The van der Waals surface area contributed by atoms with Gasteiger partial charge in [-0.3, -0.25) is 0 Å². The molecule has 2 heterocycles. The van der Waals surface area contributed by atoms with Gasteiger partial charge >= 0.3 is 0 Å². The lowest BCUT2D eigenvalue weighted by molar-refractivity contribution is 0.528. The summed E-state index contributed by atoms with van der Waals surface area (Å²) in [6, 6.07) is 13.8. The van der Waals surface area contributed by atoms with Crippen LogP contribution in [0.5, 0.6) is 0 Å². The Morgan fingerprint density at radius 2 is 1.87 bits per heavy atom. The van der Waals surface area contributed by atoms with Crippen molar-refractivity contribution in [2.45, 2.75) is 42.8 Å². The molecule has 0 atom stereocenters. The smallest absolute Gasteiger partial charge is 0.185 e. The number of benzene rings is 2. The van der Waals surface area contributed by atoms with Crippen LogP contribution in [0, 0.1) is 5.82 Å². The third-order valence-corrected chi connectivity index (χ3v) is 8.72. The van der Waals surface area contributed by atoms with Crippen molar-refractivity contribution in [1.82, 2.24) is 4.98 Å². The Kier molecular flexibility index (Phi) is 6.20. The predicted molar refractivity (Wildman–Crippen MR) is 120 cm³/mol. The minimum Gasteiger partial charge on any atom is -0.348 e. The molecule has 2 aromatic carbocycles. The fraction of sp³-hybridized carbons (Fsp3) is 0.348. The van der Waals surface area contributed by atoms with Gasteiger partial charge in [-0.15, -0.1) is 11.3 Å². The molecule has 4 rings (SSSR count). The summed E-state index contributed by atoms with van der Waals surface area (Å²) >= 11 is 1.59. The van der Waals surface area contributed by atoms with E-state index in [1.54, 1.807) is 11.3 Å². The second-order valence-corrected chi connectivity index (χ2v) is 10.7. The summed E-state index contributed by atoms with van der Waals surface area (Å²) in [6.07, 6.45) is 3.24. The molecular weight excluding hydrogens is 419 g/mol. The molecule has 1 fully saturated rings. The van der Waals surface area contributed by atoms with Crippen molar-refractivity contribution in [2.75, 3.05) is 18.0 Å². The van der Waals surface area contributed by atoms with Gasteiger partial charge in [-0.2, -0.15) is 0 Å². The highest BCUT2D eigenvalue weighted by Crippen LogP contribution is 2.32. The highest BCUT2D eigenvalue weighted by Gasteiger charge is 2.32. The van der Waals surface area contributed by atoms with Crippen molar-refractivity contribution >= 4 is 26.3 Å². The molecule has 0 amide bonds. The number of nitrogens with zero attached hydrogens (tertiary/aromatic N) is 2. The Morgan fingerprint density at radius 1 is 1.13 bits per heavy atom. The van der Waals surface area contributed by atoms with Crippen molar-refractivity contribution < 1.29 is 12.8 Å². The number of anilines is 1. The average Bonchev–Trinajstić information content (AvgIpc) is 3.25. The molecule has 0 bridgehead atoms. The first-order valence-electron chi connectivity index (χ1n) is 10.3. The number of halogens is 1. The zero-order valence-electron chi connectivity index (χ0n) is 16.9. The molecule has 158 valence electrons. The first-order valence-corrected chi connectivity index (χ1v) is 12.7. The molecule has 1 aromatic heterocycles. The van der Waals surface area contributed by atoms with Gasteiger partial charge in [-0.25, -0.2) is 17.8 Å². The predicted octanol–water partition coefficient (Wildman–Crippen LogP) is 5.34. The molecule has 1 saturated heterocycles. The summed E-state index contributed by atoms with van der Waals surface area (Å²) < 4.78 is 39.2. The number of aryl methyl sites for hydroxylation is 1. The van der Waals surface area contributed by atoms with E-state index in [0.29, 0.717) is 25.9 Å². The fourth-order valence-electron chi connectivity index (χ4n) is 3.87. The molecule has 0 radical (unpaired) electrons. The molecule has 7 heteroatoms. The third kappa shape index (κ3) is 4.42. The number of thiazole rings is 1. The van der Waals surface area contributed by atoms with Gasteiger partial charge in [0.2, 0.25) is 0 Å². The van der Waals surface area contributed by atoms with Gasteiger partial charge in [0, 0.05) is 24.0 Å². The van der Waals surface area contributed by atoms with Gasteiger partial charge < -0.3 is 4.90 Å². The minimum atomic E-state index is -3.52. The van der Waals surface area contributed by atoms with E-state index in [0.717, 1.165) is 35.3 Å². The molecule has 3 aromatic rings. The van der Waals surface area contributed by atoms with Crippen molar-refractivity contribution in [3.05, 3.63) is 65.3 Å². The lowest BCUT2D eigenvalue weighted by atomic mass is 10.1. The largest absolute Gasteiger partial charge is 0.348 e. The third-order valence-electron chi connectivity index (χ3n) is 5.56. The molecule has 0 aliphatic carbocycles. The van der Waals surface area contributed by atoms with Gasteiger partial charge in [-0.05, 0) is 43.0 Å². The van der Waals surface area contributed by atoms with E-state index in [1.165, 1.54) is 23.8 Å². The maximum atomic E-state index is 13.5. The Labute approximate surface area is 181 Å². The van der Waals surface area contributed by atoms with Crippen LogP contribution < -0.4 is 4.90 Å². The Balaban J connectivity index is 1.42. The summed E-state index contributed by atoms with van der Waals surface area (Å²) in [5.41, 5.74) is 3.38. The van der Waals surface area contributed by atoms with E-state index >= 15 is 0 Å². The van der Waals surface area contributed by atoms with Crippen LogP contribution in [0.4, 0.5) is 9.52 Å². The normalized spacial score (nSPS) is 15.5. The fourth-order valence-corrected chi connectivity index (χ4v) is 6.52. The summed E-state index contributed by atoms with van der Waals surface area (Å²) in [5.74, 6) is -0.522. The van der Waals surface area contributed by atoms with E-state index in [9.17, 15) is 12.8 Å². The van der Waals surface area contributed by atoms with Crippen LogP contribution in [0.2, 0.25) is 0 Å². The van der Waals surface area contributed by atoms with Crippen LogP contribution >= 0.6 is 11.3 Å². The zero-order valence-corrected chi connectivity index (χ0v) is 18.6. The Hall–Kier alpha value is -2.25. The molecule has 0 spiro atoms. The second kappa shape index (κ2) is 8.86. The average molecular weight is 445 g/mol. The summed E-state index contributed by atoms with van der Waals surface area (Å²) in [4.78, 5) is 7.01. The van der Waals surface area contributed by atoms with Crippen LogP contribution in [0.15, 0.2) is 58.8 Å². The van der Waals surface area contributed by atoms with Gasteiger partial charge in [-0.1, -0.05) is 43.7 Å².